The minimum absolute atomic E-state index is 0.0276. The van der Waals surface area contributed by atoms with Gasteiger partial charge in [0.1, 0.15) is 5.54 Å². The van der Waals surface area contributed by atoms with Gasteiger partial charge in [-0.15, -0.1) is 0 Å². The highest BCUT2D eigenvalue weighted by atomic mass is 16.2. The first kappa shape index (κ1) is 13.2. The van der Waals surface area contributed by atoms with Crippen LogP contribution < -0.4 is 10.6 Å². The first-order chi connectivity index (χ1) is 9.61. The Labute approximate surface area is 119 Å². The van der Waals surface area contributed by atoms with E-state index < -0.39 is 5.54 Å². The lowest BCUT2D eigenvalue weighted by Crippen LogP contribution is -2.40. The second kappa shape index (κ2) is 4.93. The summed E-state index contributed by atoms with van der Waals surface area (Å²) in [5.41, 5.74) is 1.58. The van der Waals surface area contributed by atoms with Crippen LogP contribution in [0.1, 0.15) is 44.2 Å². The highest BCUT2D eigenvalue weighted by Gasteiger charge is 2.42. The molecule has 4 nitrogen and oxygen atoms in total. The van der Waals surface area contributed by atoms with Crippen LogP contribution in [0, 0.1) is 0 Å². The van der Waals surface area contributed by atoms with Crippen molar-refractivity contribution in [1.29, 1.82) is 0 Å². The van der Waals surface area contributed by atoms with Crippen LogP contribution in [0.15, 0.2) is 29.3 Å². The minimum Gasteiger partial charge on any atom is -0.338 e. The summed E-state index contributed by atoms with van der Waals surface area (Å²) < 4.78 is 0. The third-order valence-electron chi connectivity index (χ3n) is 3.98. The predicted molar refractivity (Wildman–Crippen MR) is 79.5 cm³/mol. The van der Waals surface area contributed by atoms with E-state index in [1.165, 1.54) is 5.56 Å². The molecule has 1 amide bonds. The molecular formula is C16H21N3O. The Balaban J connectivity index is 1.82. The van der Waals surface area contributed by atoms with Crippen molar-refractivity contribution in [3.05, 3.63) is 35.4 Å². The van der Waals surface area contributed by atoms with Gasteiger partial charge in [-0.05, 0) is 37.3 Å². The predicted octanol–water partition coefficient (Wildman–Crippen LogP) is 2.09. The zero-order chi connectivity index (χ0) is 14.2. The molecule has 0 spiro atoms. The number of benzene rings is 1. The van der Waals surface area contributed by atoms with E-state index in [0.717, 1.165) is 31.2 Å². The first-order valence-electron chi connectivity index (χ1n) is 7.38. The van der Waals surface area contributed by atoms with E-state index in [2.05, 4.69) is 34.7 Å². The maximum atomic E-state index is 12.3. The van der Waals surface area contributed by atoms with Gasteiger partial charge < -0.3 is 5.32 Å². The van der Waals surface area contributed by atoms with Gasteiger partial charge in [0.25, 0.3) is 5.91 Å². The van der Waals surface area contributed by atoms with E-state index in [4.69, 9.17) is 0 Å². The molecule has 3 rings (SSSR count). The average molecular weight is 271 g/mol. The molecule has 0 aromatic heterocycles. The summed E-state index contributed by atoms with van der Waals surface area (Å²) in [6.45, 7) is 4.08. The van der Waals surface area contributed by atoms with Crippen molar-refractivity contribution in [3.63, 3.8) is 0 Å². The number of hydrogen-bond donors (Lipinski definition) is 2. The van der Waals surface area contributed by atoms with Crippen molar-refractivity contribution in [2.75, 3.05) is 0 Å². The standard InChI is InChI=1S/C16H21N3O/c1-3-4-11-5-7-12(8-6-11)16(2)14(20)18-15(19-16)17-13-9-10-13/h5-8,13H,3-4,9-10H2,1-2H3,(H2,17,18,19,20). The zero-order valence-electron chi connectivity index (χ0n) is 12.1. The van der Waals surface area contributed by atoms with Crippen molar-refractivity contribution < 1.29 is 4.79 Å². The van der Waals surface area contributed by atoms with Crippen molar-refractivity contribution in [3.8, 4) is 0 Å². The number of nitrogens with zero attached hydrogens (tertiary/aromatic N) is 1. The maximum Gasteiger partial charge on any atom is 0.256 e. The summed E-state index contributed by atoms with van der Waals surface area (Å²) in [7, 11) is 0. The molecule has 2 N–H and O–H groups in total. The SMILES string of the molecule is CCCc1ccc(C2(C)NC(=NC3CC3)NC2=O)cc1. The fraction of sp³-hybridized carbons (Fsp3) is 0.500. The Morgan fingerprint density at radius 1 is 1.30 bits per heavy atom. The van der Waals surface area contributed by atoms with Gasteiger partial charge in [-0.1, -0.05) is 37.6 Å². The second-order valence-electron chi connectivity index (χ2n) is 5.86. The minimum atomic E-state index is -0.710. The Morgan fingerprint density at radius 2 is 2.00 bits per heavy atom. The van der Waals surface area contributed by atoms with Gasteiger partial charge >= 0.3 is 0 Å². The van der Waals surface area contributed by atoms with Crippen LogP contribution in [0.25, 0.3) is 0 Å². The van der Waals surface area contributed by atoms with Crippen molar-refractivity contribution in [1.82, 2.24) is 10.6 Å². The number of rotatable bonds is 4. The van der Waals surface area contributed by atoms with E-state index in [9.17, 15) is 4.79 Å². The molecular weight excluding hydrogens is 250 g/mol. The molecule has 1 aromatic carbocycles. The molecule has 2 aliphatic rings. The third kappa shape index (κ3) is 2.42. The van der Waals surface area contributed by atoms with Crippen molar-refractivity contribution >= 4 is 11.9 Å². The molecule has 0 radical (unpaired) electrons. The van der Waals surface area contributed by atoms with Crippen LogP contribution in [0.4, 0.5) is 0 Å². The molecule has 106 valence electrons. The van der Waals surface area contributed by atoms with Crippen LogP contribution in [-0.2, 0) is 16.8 Å². The number of amides is 1. The molecule has 20 heavy (non-hydrogen) atoms. The normalized spacial score (nSPS) is 27.5. The number of guanidine groups is 1. The summed E-state index contributed by atoms with van der Waals surface area (Å²) in [4.78, 5) is 16.7. The van der Waals surface area contributed by atoms with Crippen molar-refractivity contribution in [2.45, 2.75) is 51.1 Å². The summed E-state index contributed by atoms with van der Waals surface area (Å²) >= 11 is 0. The zero-order valence-corrected chi connectivity index (χ0v) is 12.1. The maximum absolute atomic E-state index is 12.3. The van der Waals surface area contributed by atoms with Gasteiger partial charge in [0.05, 0.1) is 6.04 Å². The Bertz CT molecular complexity index is 545. The monoisotopic (exact) mass is 271 g/mol. The number of aryl methyl sites for hydroxylation is 1. The molecule has 4 heteroatoms. The van der Waals surface area contributed by atoms with Gasteiger partial charge in [-0.25, -0.2) is 4.99 Å². The molecule has 1 aromatic rings. The van der Waals surface area contributed by atoms with E-state index in [-0.39, 0.29) is 5.91 Å². The van der Waals surface area contributed by atoms with Crippen LogP contribution in [0.5, 0.6) is 0 Å². The number of aliphatic imine (C=N–C) groups is 1. The summed E-state index contributed by atoms with van der Waals surface area (Å²) in [5.74, 6) is 0.595. The molecule has 1 saturated carbocycles. The number of carbonyl (C=O) groups is 1. The molecule has 1 atom stereocenters. The molecule has 2 fully saturated rings. The second-order valence-corrected chi connectivity index (χ2v) is 5.86. The Hall–Kier alpha value is -1.84. The van der Waals surface area contributed by atoms with Gasteiger partial charge in [0, 0.05) is 0 Å². The van der Waals surface area contributed by atoms with Crippen LogP contribution in [0.2, 0.25) is 0 Å². The fourth-order valence-electron chi connectivity index (χ4n) is 2.50. The van der Waals surface area contributed by atoms with Crippen molar-refractivity contribution in [2.24, 2.45) is 4.99 Å². The van der Waals surface area contributed by atoms with E-state index in [1.807, 2.05) is 19.1 Å². The highest BCUT2D eigenvalue weighted by molar-refractivity contribution is 6.09. The average Bonchev–Trinajstić information content (AvgIpc) is 3.18. The number of hydrogen-bond acceptors (Lipinski definition) is 2. The lowest BCUT2D eigenvalue weighted by molar-refractivity contribution is -0.123. The number of carbonyl (C=O) groups excluding carboxylic acids is 1. The summed E-state index contributed by atoms with van der Waals surface area (Å²) in [6.07, 6.45) is 4.46. The Kier molecular flexibility index (Phi) is 3.24. The smallest absolute Gasteiger partial charge is 0.256 e. The van der Waals surface area contributed by atoms with Crippen LogP contribution >= 0.6 is 0 Å². The van der Waals surface area contributed by atoms with Crippen LogP contribution in [-0.4, -0.2) is 17.9 Å². The quantitative estimate of drug-likeness (QED) is 0.881. The van der Waals surface area contributed by atoms with Gasteiger partial charge in [0.15, 0.2) is 5.96 Å². The van der Waals surface area contributed by atoms with Gasteiger partial charge in [-0.2, -0.15) is 0 Å². The van der Waals surface area contributed by atoms with E-state index in [1.54, 1.807) is 0 Å². The van der Waals surface area contributed by atoms with Gasteiger partial charge in [-0.3, -0.25) is 10.1 Å². The molecule has 1 aliphatic heterocycles. The Morgan fingerprint density at radius 3 is 2.60 bits per heavy atom. The third-order valence-corrected chi connectivity index (χ3v) is 3.98. The molecule has 1 saturated heterocycles. The topological polar surface area (TPSA) is 53.5 Å². The fourth-order valence-corrected chi connectivity index (χ4v) is 2.50. The van der Waals surface area contributed by atoms with Gasteiger partial charge in [0.2, 0.25) is 0 Å². The highest BCUT2D eigenvalue weighted by Crippen LogP contribution is 2.27. The van der Waals surface area contributed by atoms with E-state index in [0.29, 0.717) is 12.0 Å². The number of nitrogens with one attached hydrogen (secondary N) is 2. The molecule has 1 heterocycles. The van der Waals surface area contributed by atoms with E-state index >= 15 is 0 Å². The summed E-state index contributed by atoms with van der Waals surface area (Å²) in [6, 6.07) is 8.69. The van der Waals surface area contributed by atoms with Crippen LogP contribution in [0.3, 0.4) is 0 Å². The first-order valence-corrected chi connectivity index (χ1v) is 7.38. The molecule has 1 aliphatic carbocycles. The summed E-state index contributed by atoms with van der Waals surface area (Å²) in [5, 5.41) is 6.10. The molecule has 0 bridgehead atoms. The lowest BCUT2D eigenvalue weighted by atomic mass is 9.91. The molecule has 1 unspecified atom stereocenters. The largest absolute Gasteiger partial charge is 0.338 e. The lowest BCUT2D eigenvalue weighted by Gasteiger charge is -2.21.